The molecule has 1 aromatic heterocycles. The molecule has 0 unspecified atom stereocenters. The van der Waals surface area contributed by atoms with E-state index in [0.29, 0.717) is 15.7 Å². The molecule has 0 aliphatic rings. The third-order valence-corrected chi connectivity index (χ3v) is 3.91. The Morgan fingerprint density at radius 1 is 1.19 bits per heavy atom. The molecule has 3 nitrogen and oxygen atoms in total. The lowest BCUT2D eigenvalue weighted by atomic mass is 10.2. The molecule has 0 saturated heterocycles. The molecule has 0 fully saturated rings. The predicted molar refractivity (Wildman–Crippen MR) is 85.9 cm³/mol. The van der Waals surface area contributed by atoms with Gasteiger partial charge in [-0.15, -0.1) is 0 Å². The van der Waals surface area contributed by atoms with Crippen LogP contribution < -0.4 is 9.88 Å². The van der Waals surface area contributed by atoms with Gasteiger partial charge in [0.15, 0.2) is 11.9 Å². The number of nitrogens with zero attached hydrogens (tertiary/aromatic N) is 1. The minimum Gasteiger partial charge on any atom is -0.320 e. The van der Waals surface area contributed by atoms with Crippen molar-refractivity contribution in [2.24, 2.45) is 0 Å². The molecule has 1 aromatic carbocycles. The number of anilines is 1. The summed E-state index contributed by atoms with van der Waals surface area (Å²) in [6.45, 7) is 5.87. The summed E-state index contributed by atoms with van der Waals surface area (Å²) >= 11 is 11.9. The highest BCUT2D eigenvalue weighted by molar-refractivity contribution is 6.35. The number of hydrogen-bond acceptors (Lipinski definition) is 1. The van der Waals surface area contributed by atoms with E-state index in [2.05, 4.69) is 5.32 Å². The van der Waals surface area contributed by atoms with Crippen molar-refractivity contribution >= 4 is 34.8 Å². The van der Waals surface area contributed by atoms with Crippen LogP contribution in [0.4, 0.5) is 5.69 Å². The lowest BCUT2D eigenvalue weighted by molar-refractivity contribution is -0.711. The van der Waals surface area contributed by atoms with Crippen LogP contribution in [0.15, 0.2) is 36.5 Å². The molecule has 1 N–H and O–H groups in total. The van der Waals surface area contributed by atoms with Crippen LogP contribution in [0, 0.1) is 13.8 Å². The zero-order valence-corrected chi connectivity index (χ0v) is 13.7. The number of carbonyl (C=O) groups is 1. The van der Waals surface area contributed by atoms with E-state index in [4.69, 9.17) is 23.2 Å². The first-order valence-corrected chi connectivity index (χ1v) is 7.38. The van der Waals surface area contributed by atoms with Crippen molar-refractivity contribution in [1.29, 1.82) is 0 Å². The highest BCUT2D eigenvalue weighted by Crippen LogP contribution is 2.22. The largest absolute Gasteiger partial charge is 0.320 e. The second-order valence-corrected chi connectivity index (χ2v) is 5.88. The molecule has 1 amide bonds. The van der Waals surface area contributed by atoms with Crippen molar-refractivity contribution in [1.82, 2.24) is 0 Å². The fourth-order valence-corrected chi connectivity index (χ4v) is 2.66. The van der Waals surface area contributed by atoms with E-state index in [1.54, 1.807) is 18.2 Å². The van der Waals surface area contributed by atoms with Crippen LogP contribution in [-0.4, -0.2) is 5.91 Å². The van der Waals surface area contributed by atoms with Crippen molar-refractivity contribution in [3.8, 4) is 0 Å². The zero-order chi connectivity index (χ0) is 15.6. The fraction of sp³-hybridized carbons (Fsp3) is 0.250. The molecule has 2 rings (SSSR count). The number of rotatable bonds is 3. The lowest BCUT2D eigenvalue weighted by Gasteiger charge is -2.11. The molecule has 0 bridgehead atoms. The average Bonchev–Trinajstić information content (AvgIpc) is 2.40. The second-order valence-electron chi connectivity index (χ2n) is 5.01. The Bertz CT molecular complexity index is 666. The molecule has 0 spiro atoms. The van der Waals surface area contributed by atoms with Gasteiger partial charge in [0.05, 0.1) is 0 Å². The Kier molecular flexibility index (Phi) is 4.86. The summed E-state index contributed by atoms with van der Waals surface area (Å²) in [5.74, 6) is -0.118. The first-order chi connectivity index (χ1) is 9.88. The van der Waals surface area contributed by atoms with E-state index in [-0.39, 0.29) is 11.9 Å². The van der Waals surface area contributed by atoms with Gasteiger partial charge in [-0.2, -0.15) is 4.57 Å². The SMILES string of the molecule is Cc1ccc[n+]([C@H](C)C(=O)Nc2cc(Cl)cc(Cl)c2)c1C. The molecule has 0 radical (unpaired) electrons. The first-order valence-electron chi connectivity index (χ1n) is 6.63. The minimum absolute atomic E-state index is 0.118. The van der Waals surface area contributed by atoms with Gasteiger partial charge in [0.25, 0.3) is 5.91 Å². The van der Waals surface area contributed by atoms with E-state index < -0.39 is 0 Å². The van der Waals surface area contributed by atoms with Crippen LogP contribution in [-0.2, 0) is 4.79 Å². The second kappa shape index (κ2) is 6.46. The smallest absolute Gasteiger partial charge is 0.293 e. The first kappa shape index (κ1) is 15.8. The van der Waals surface area contributed by atoms with Gasteiger partial charge in [-0.1, -0.05) is 23.2 Å². The van der Waals surface area contributed by atoms with E-state index in [9.17, 15) is 4.79 Å². The van der Waals surface area contributed by atoms with Gasteiger partial charge in [0, 0.05) is 41.2 Å². The summed E-state index contributed by atoms with van der Waals surface area (Å²) in [4.78, 5) is 12.4. The summed E-state index contributed by atoms with van der Waals surface area (Å²) in [5, 5.41) is 3.82. The van der Waals surface area contributed by atoms with Gasteiger partial charge in [-0.25, -0.2) is 0 Å². The van der Waals surface area contributed by atoms with Crippen molar-refractivity contribution in [2.75, 3.05) is 5.32 Å². The Hall–Kier alpha value is -1.58. The van der Waals surface area contributed by atoms with Gasteiger partial charge < -0.3 is 5.32 Å². The monoisotopic (exact) mass is 323 g/mol. The van der Waals surface area contributed by atoms with Crippen LogP contribution in [0.25, 0.3) is 0 Å². The maximum absolute atomic E-state index is 12.4. The van der Waals surface area contributed by atoms with Gasteiger partial charge >= 0.3 is 0 Å². The van der Waals surface area contributed by atoms with Crippen molar-refractivity contribution in [3.63, 3.8) is 0 Å². The topological polar surface area (TPSA) is 33.0 Å². The molecule has 0 saturated carbocycles. The number of pyridine rings is 1. The number of benzene rings is 1. The molecule has 0 aliphatic carbocycles. The molecule has 1 heterocycles. The third-order valence-electron chi connectivity index (χ3n) is 3.48. The van der Waals surface area contributed by atoms with Crippen LogP contribution in [0.5, 0.6) is 0 Å². The Morgan fingerprint density at radius 2 is 1.81 bits per heavy atom. The third kappa shape index (κ3) is 3.74. The number of aryl methyl sites for hydroxylation is 1. The maximum atomic E-state index is 12.4. The Morgan fingerprint density at radius 3 is 2.43 bits per heavy atom. The van der Waals surface area contributed by atoms with Crippen LogP contribution in [0.1, 0.15) is 24.2 Å². The number of nitrogens with one attached hydrogen (secondary N) is 1. The summed E-state index contributed by atoms with van der Waals surface area (Å²) < 4.78 is 1.94. The average molecular weight is 324 g/mol. The Balaban J connectivity index is 2.21. The normalized spacial score (nSPS) is 12.0. The lowest BCUT2D eigenvalue weighted by Crippen LogP contribution is -2.47. The van der Waals surface area contributed by atoms with E-state index in [1.807, 2.05) is 43.7 Å². The summed E-state index contributed by atoms with van der Waals surface area (Å²) in [7, 11) is 0. The van der Waals surface area contributed by atoms with E-state index >= 15 is 0 Å². The van der Waals surface area contributed by atoms with Gasteiger partial charge in [-0.05, 0) is 31.2 Å². The minimum atomic E-state index is -0.331. The molecular formula is C16H17Cl2N2O+. The van der Waals surface area contributed by atoms with Gasteiger partial charge in [0.1, 0.15) is 0 Å². The van der Waals surface area contributed by atoms with Crippen molar-refractivity contribution < 1.29 is 9.36 Å². The number of amides is 1. The standard InChI is InChI=1S/C16H16Cl2N2O/c1-10-5-4-6-20(11(10)2)12(3)16(21)19-15-8-13(17)7-14(18)9-15/h4-9,12H,1-3H3/p+1/t12-/m1/s1. The number of halogens is 2. The van der Waals surface area contributed by atoms with Crippen molar-refractivity contribution in [2.45, 2.75) is 26.8 Å². The zero-order valence-electron chi connectivity index (χ0n) is 12.2. The van der Waals surface area contributed by atoms with Crippen LogP contribution >= 0.6 is 23.2 Å². The molecule has 110 valence electrons. The van der Waals surface area contributed by atoms with E-state index in [1.165, 1.54) is 0 Å². The summed E-state index contributed by atoms with van der Waals surface area (Å²) in [6, 6.07) is 8.59. The van der Waals surface area contributed by atoms with Gasteiger partial charge in [0.2, 0.25) is 6.04 Å². The number of hydrogen-bond donors (Lipinski definition) is 1. The van der Waals surface area contributed by atoms with E-state index in [0.717, 1.165) is 11.3 Å². The molecule has 21 heavy (non-hydrogen) atoms. The van der Waals surface area contributed by atoms with Crippen LogP contribution in [0.2, 0.25) is 10.0 Å². The highest BCUT2D eigenvalue weighted by Gasteiger charge is 2.24. The molecule has 2 aromatic rings. The molecule has 5 heteroatoms. The molecular weight excluding hydrogens is 307 g/mol. The molecule has 0 aliphatic heterocycles. The quantitative estimate of drug-likeness (QED) is 0.847. The van der Waals surface area contributed by atoms with Crippen molar-refractivity contribution in [3.05, 3.63) is 57.8 Å². The van der Waals surface area contributed by atoms with Gasteiger partial charge in [-0.3, -0.25) is 4.79 Å². The number of aromatic nitrogens is 1. The summed E-state index contributed by atoms with van der Waals surface area (Å²) in [6.07, 6.45) is 1.90. The highest BCUT2D eigenvalue weighted by atomic mass is 35.5. The van der Waals surface area contributed by atoms with Crippen LogP contribution in [0.3, 0.4) is 0 Å². The maximum Gasteiger partial charge on any atom is 0.293 e. The fourth-order valence-electron chi connectivity index (χ4n) is 2.13. The Labute approximate surface area is 134 Å². The molecule has 1 atom stereocenters. The summed E-state index contributed by atoms with van der Waals surface area (Å²) in [5.41, 5.74) is 2.79. The predicted octanol–water partition coefficient (Wildman–Crippen LogP) is 4.10. The number of carbonyl (C=O) groups excluding carboxylic acids is 1.